The summed E-state index contributed by atoms with van der Waals surface area (Å²) in [5.41, 5.74) is 0.966. The van der Waals surface area contributed by atoms with Crippen LogP contribution in [-0.2, 0) is 9.59 Å². The van der Waals surface area contributed by atoms with Gasteiger partial charge in [-0.2, -0.15) is 0 Å². The highest BCUT2D eigenvalue weighted by molar-refractivity contribution is 6.46. The van der Waals surface area contributed by atoms with Crippen molar-refractivity contribution in [3.63, 3.8) is 0 Å². The Balaban J connectivity index is 2.20. The second kappa shape index (κ2) is 9.74. The van der Waals surface area contributed by atoms with Gasteiger partial charge in [-0.1, -0.05) is 12.1 Å². The van der Waals surface area contributed by atoms with Crippen molar-refractivity contribution in [3.05, 3.63) is 59.2 Å². The molecule has 170 valence electrons. The molecular formula is C24H28N2O6. The number of aliphatic hydroxyl groups excluding tert-OH is 1. The number of rotatable bonds is 8. The molecule has 8 nitrogen and oxygen atoms in total. The number of likely N-dealkylation sites (tertiary alicyclic amines) is 1. The lowest BCUT2D eigenvalue weighted by Gasteiger charge is -2.27. The fourth-order valence-electron chi connectivity index (χ4n) is 3.72. The van der Waals surface area contributed by atoms with Crippen LogP contribution in [0.5, 0.6) is 17.2 Å². The molecule has 1 saturated heterocycles. The predicted octanol–water partition coefficient (Wildman–Crippen LogP) is 2.70. The Morgan fingerprint density at radius 3 is 2.31 bits per heavy atom. The second-order valence-corrected chi connectivity index (χ2v) is 7.64. The zero-order valence-corrected chi connectivity index (χ0v) is 18.9. The summed E-state index contributed by atoms with van der Waals surface area (Å²) >= 11 is 0. The molecule has 1 heterocycles. The molecule has 0 bridgehead atoms. The minimum Gasteiger partial charge on any atom is -0.507 e. The SMILES string of the molecule is COc1cccc(C2C(=C(O)c3ccc(OC)cc3OC)C(=O)C(=O)N2CCN(C)C)c1. The Morgan fingerprint density at radius 2 is 1.69 bits per heavy atom. The van der Waals surface area contributed by atoms with Gasteiger partial charge in [0.15, 0.2) is 0 Å². The average Bonchev–Trinajstić information content (AvgIpc) is 3.06. The van der Waals surface area contributed by atoms with Gasteiger partial charge in [0.2, 0.25) is 0 Å². The number of Topliss-reactive ketones (excluding diaryl/α,β-unsaturated/α-hetero) is 1. The van der Waals surface area contributed by atoms with Crippen molar-refractivity contribution in [2.24, 2.45) is 0 Å². The van der Waals surface area contributed by atoms with E-state index in [2.05, 4.69) is 0 Å². The van der Waals surface area contributed by atoms with Crippen molar-refractivity contribution in [1.82, 2.24) is 9.80 Å². The van der Waals surface area contributed by atoms with Crippen LogP contribution in [0.3, 0.4) is 0 Å². The summed E-state index contributed by atoms with van der Waals surface area (Å²) in [5, 5.41) is 11.3. The van der Waals surface area contributed by atoms with Gasteiger partial charge in [-0.25, -0.2) is 0 Å². The molecular weight excluding hydrogens is 412 g/mol. The fraction of sp³-hybridized carbons (Fsp3) is 0.333. The zero-order valence-electron chi connectivity index (χ0n) is 18.9. The van der Waals surface area contributed by atoms with E-state index >= 15 is 0 Å². The lowest BCUT2D eigenvalue weighted by molar-refractivity contribution is -0.140. The van der Waals surface area contributed by atoms with Gasteiger partial charge in [-0.05, 0) is 43.9 Å². The molecule has 0 spiro atoms. The summed E-state index contributed by atoms with van der Waals surface area (Å²) in [5.74, 6) is -0.258. The first-order valence-corrected chi connectivity index (χ1v) is 10.1. The van der Waals surface area contributed by atoms with Crippen molar-refractivity contribution in [2.45, 2.75) is 6.04 Å². The van der Waals surface area contributed by atoms with E-state index in [0.717, 1.165) is 0 Å². The highest BCUT2D eigenvalue weighted by Gasteiger charge is 2.46. The molecule has 8 heteroatoms. The smallest absolute Gasteiger partial charge is 0.295 e. The fourth-order valence-corrected chi connectivity index (χ4v) is 3.72. The molecule has 32 heavy (non-hydrogen) atoms. The topological polar surface area (TPSA) is 88.5 Å². The number of likely N-dealkylation sites (N-methyl/N-ethyl adjacent to an activating group) is 1. The van der Waals surface area contributed by atoms with Crippen molar-refractivity contribution >= 4 is 17.4 Å². The molecule has 0 aliphatic carbocycles. The van der Waals surface area contributed by atoms with Crippen LogP contribution in [0.4, 0.5) is 0 Å². The summed E-state index contributed by atoms with van der Waals surface area (Å²) in [6, 6.07) is 11.2. The number of aliphatic hydroxyl groups is 1. The highest BCUT2D eigenvalue weighted by atomic mass is 16.5. The van der Waals surface area contributed by atoms with Crippen molar-refractivity contribution < 1.29 is 28.9 Å². The Morgan fingerprint density at radius 1 is 1.00 bits per heavy atom. The van der Waals surface area contributed by atoms with Gasteiger partial charge in [0.25, 0.3) is 11.7 Å². The maximum absolute atomic E-state index is 13.1. The molecule has 1 fully saturated rings. The minimum atomic E-state index is -0.767. The third kappa shape index (κ3) is 4.40. The largest absolute Gasteiger partial charge is 0.507 e. The maximum atomic E-state index is 13.1. The van der Waals surface area contributed by atoms with Gasteiger partial charge in [-0.15, -0.1) is 0 Å². The van der Waals surface area contributed by atoms with Gasteiger partial charge in [0.1, 0.15) is 23.0 Å². The third-order valence-corrected chi connectivity index (χ3v) is 5.40. The number of ketones is 1. The molecule has 3 rings (SSSR count). The first kappa shape index (κ1) is 23.1. The average molecular weight is 440 g/mol. The number of ether oxygens (including phenoxy) is 3. The number of benzene rings is 2. The van der Waals surface area contributed by atoms with Crippen LogP contribution in [-0.4, -0.2) is 75.1 Å². The summed E-state index contributed by atoms with van der Waals surface area (Å²) < 4.78 is 16.0. The van der Waals surface area contributed by atoms with Crippen LogP contribution in [0.2, 0.25) is 0 Å². The van der Waals surface area contributed by atoms with E-state index in [9.17, 15) is 14.7 Å². The van der Waals surface area contributed by atoms with Crippen molar-refractivity contribution in [1.29, 1.82) is 0 Å². The van der Waals surface area contributed by atoms with Gasteiger partial charge in [0, 0.05) is 19.2 Å². The van der Waals surface area contributed by atoms with Crippen LogP contribution in [0, 0.1) is 0 Å². The molecule has 1 amide bonds. The van der Waals surface area contributed by atoms with Gasteiger partial charge in [-0.3, -0.25) is 9.59 Å². The van der Waals surface area contributed by atoms with Crippen LogP contribution in [0.1, 0.15) is 17.2 Å². The molecule has 1 aliphatic rings. The lowest BCUT2D eigenvalue weighted by Crippen LogP contribution is -2.35. The maximum Gasteiger partial charge on any atom is 0.295 e. The standard InChI is InChI=1S/C24H28N2O6/c1-25(2)11-12-26-21(15-7-6-8-16(13-15)30-3)20(23(28)24(26)29)22(27)18-10-9-17(31-4)14-19(18)32-5/h6-10,13-14,21,27H,11-12H2,1-5H3. The number of hydrogen-bond acceptors (Lipinski definition) is 7. The van der Waals surface area contributed by atoms with Gasteiger partial charge < -0.3 is 29.1 Å². The number of hydrogen-bond donors (Lipinski definition) is 1. The first-order valence-electron chi connectivity index (χ1n) is 10.1. The molecule has 0 radical (unpaired) electrons. The Labute approximate surface area is 187 Å². The zero-order chi connectivity index (χ0) is 23.4. The normalized spacial score (nSPS) is 17.7. The van der Waals surface area contributed by atoms with Crippen LogP contribution < -0.4 is 14.2 Å². The summed E-state index contributed by atoms with van der Waals surface area (Å²) in [6.07, 6.45) is 0. The predicted molar refractivity (Wildman–Crippen MR) is 120 cm³/mol. The van der Waals surface area contributed by atoms with Gasteiger partial charge >= 0.3 is 0 Å². The number of nitrogens with zero attached hydrogens (tertiary/aromatic N) is 2. The lowest BCUT2D eigenvalue weighted by atomic mass is 9.94. The van der Waals surface area contributed by atoms with E-state index in [1.807, 2.05) is 19.0 Å². The van der Waals surface area contributed by atoms with Gasteiger partial charge in [0.05, 0.1) is 38.5 Å². The molecule has 2 aromatic rings. The molecule has 0 aromatic heterocycles. The van der Waals surface area contributed by atoms with E-state index in [1.54, 1.807) is 49.6 Å². The second-order valence-electron chi connectivity index (χ2n) is 7.64. The first-order chi connectivity index (χ1) is 15.3. The number of amides is 1. The van der Waals surface area contributed by atoms with E-state index in [4.69, 9.17) is 14.2 Å². The van der Waals surface area contributed by atoms with E-state index in [-0.39, 0.29) is 11.3 Å². The molecule has 1 N–H and O–H groups in total. The number of carbonyl (C=O) groups excluding carboxylic acids is 2. The third-order valence-electron chi connectivity index (χ3n) is 5.40. The van der Waals surface area contributed by atoms with Crippen LogP contribution in [0.25, 0.3) is 5.76 Å². The summed E-state index contributed by atoms with van der Waals surface area (Å²) in [6.45, 7) is 0.870. The Kier molecular flexibility index (Phi) is 7.05. The van der Waals surface area contributed by atoms with E-state index in [1.165, 1.54) is 19.1 Å². The quantitative estimate of drug-likeness (QED) is 0.384. The molecule has 1 unspecified atom stereocenters. The monoisotopic (exact) mass is 440 g/mol. The van der Waals surface area contributed by atoms with E-state index in [0.29, 0.717) is 41.5 Å². The molecule has 0 saturated carbocycles. The molecule has 1 aliphatic heterocycles. The van der Waals surface area contributed by atoms with Crippen LogP contribution >= 0.6 is 0 Å². The molecule has 1 atom stereocenters. The van der Waals surface area contributed by atoms with Crippen LogP contribution in [0.15, 0.2) is 48.0 Å². The Hall–Kier alpha value is -3.52. The van der Waals surface area contributed by atoms with E-state index < -0.39 is 17.7 Å². The number of methoxy groups -OCH3 is 3. The summed E-state index contributed by atoms with van der Waals surface area (Å²) in [4.78, 5) is 29.5. The van der Waals surface area contributed by atoms with Crippen molar-refractivity contribution in [2.75, 3.05) is 48.5 Å². The molecule has 2 aromatic carbocycles. The number of carbonyl (C=O) groups is 2. The summed E-state index contributed by atoms with van der Waals surface area (Å²) in [7, 11) is 8.30. The minimum absolute atomic E-state index is 0.00507. The Bertz CT molecular complexity index is 1050. The highest BCUT2D eigenvalue weighted by Crippen LogP contribution is 2.42. The van der Waals surface area contributed by atoms with Crippen molar-refractivity contribution in [3.8, 4) is 17.2 Å².